The highest BCUT2D eigenvalue weighted by molar-refractivity contribution is 8.26. The number of rotatable bonds is 4. The minimum Gasteiger partial charge on any atom is -0.362 e. The Bertz CT molecular complexity index is 530. The number of hydrogen-bond donors (Lipinski definition) is 1. The minimum atomic E-state index is 0.0626. The van der Waals surface area contributed by atoms with Crippen LogP contribution in [-0.2, 0) is 4.79 Å². The molecule has 0 spiro atoms. The standard InChI is InChI=1S/C15H18N2OS2/c18-14-13(10-12-6-3-8-16-12)20-15(19)17(14)9-7-11-4-1-2-5-11/h3,6,8,10-11,16H,1-2,4-5,7,9H2/b13-10-. The van der Waals surface area contributed by atoms with Crippen molar-refractivity contribution >= 4 is 40.3 Å². The molecule has 1 aliphatic carbocycles. The van der Waals surface area contributed by atoms with Crippen LogP contribution in [0.25, 0.3) is 6.08 Å². The molecule has 0 atom stereocenters. The third kappa shape index (κ3) is 2.99. The smallest absolute Gasteiger partial charge is 0.266 e. The second-order valence-corrected chi connectivity index (χ2v) is 7.07. The van der Waals surface area contributed by atoms with Crippen molar-refractivity contribution in [3.8, 4) is 0 Å². The van der Waals surface area contributed by atoms with E-state index in [0.717, 1.165) is 29.5 Å². The number of carbonyl (C=O) groups excluding carboxylic acids is 1. The molecule has 1 aliphatic heterocycles. The third-order valence-electron chi connectivity index (χ3n) is 4.02. The quantitative estimate of drug-likeness (QED) is 0.679. The van der Waals surface area contributed by atoms with Gasteiger partial charge in [0, 0.05) is 18.4 Å². The van der Waals surface area contributed by atoms with Crippen LogP contribution in [0.4, 0.5) is 0 Å². The van der Waals surface area contributed by atoms with E-state index < -0.39 is 0 Å². The van der Waals surface area contributed by atoms with Gasteiger partial charge in [-0.3, -0.25) is 9.69 Å². The Kier molecular flexibility index (Phi) is 4.27. The maximum atomic E-state index is 12.4. The summed E-state index contributed by atoms with van der Waals surface area (Å²) >= 11 is 6.76. The summed E-state index contributed by atoms with van der Waals surface area (Å²) in [5.41, 5.74) is 0.946. The van der Waals surface area contributed by atoms with Crippen LogP contribution in [0.1, 0.15) is 37.8 Å². The van der Waals surface area contributed by atoms with Crippen LogP contribution >= 0.6 is 24.0 Å². The van der Waals surface area contributed by atoms with E-state index in [0.29, 0.717) is 4.32 Å². The topological polar surface area (TPSA) is 36.1 Å². The largest absolute Gasteiger partial charge is 0.362 e. The Balaban J connectivity index is 1.64. The lowest BCUT2D eigenvalue weighted by molar-refractivity contribution is -0.122. The van der Waals surface area contributed by atoms with Gasteiger partial charge in [-0.05, 0) is 30.5 Å². The molecule has 3 nitrogen and oxygen atoms in total. The van der Waals surface area contributed by atoms with Gasteiger partial charge in [0.05, 0.1) is 4.91 Å². The van der Waals surface area contributed by atoms with E-state index in [2.05, 4.69) is 4.98 Å². The van der Waals surface area contributed by atoms with E-state index in [1.807, 2.05) is 24.4 Å². The van der Waals surface area contributed by atoms with Gasteiger partial charge in [-0.1, -0.05) is 49.7 Å². The van der Waals surface area contributed by atoms with Gasteiger partial charge in [-0.15, -0.1) is 0 Å². The van der Waals surface area contributed by atoms with Crippen molar-refractivity contribution in [1.29, 1.82) is 0 Å². The lowest BCUT2D eigenvalue weighted by Gasteiger charge is -2.17. The molecule has 0 aromatic carbocycles. The van der Waals surface area contributed by atoms with Crippen molar-refractivity contribution in [3.05, 3.63) is 28.9 Å². The average molecular weight is 306 g/mol. The summed E-state index contributed by atoms with van der Waals surface area (Å²) in [6, 6.07) is 3.87. The monoisotopic (exact) mass is 306 g/mol. The number of thiocarbonyl (C=S) groups is 1. The molecule has 2 aliphatic rings. The van der Waals surface area contributed by atoms with Crippen molar-refractivity contribution in [3.63, 3.8) is 0 Å². The Morgan fingerprint density at radius 3 is 2.95 bits per heavy atom. The SMILES string of the molecule is O=C1/C(=C/c2ccc[nH]2)SC(=S)N1CCC1CCCC1. The van der Waals surface area contributed by atoms with Crippen molar-refractivity contribution in [2.75, 3.05) is 6.54 Å². The molecule has 1 N–H and O–H groups in total. The second kappa shape index (κ2) is 6.14. The van der Waals surface area contributed by atoms with Gasteiger partial charge < -0.3 is 4.98 Å². The van der Waals surface area contributed by atoms with E-state index in [1.165, 1.54) is 37.4 Å². The summed E-state index contributed by atoms with van der Waals surface area (Å²) in [6.07, 6.45) is 10.1. The Labute approximate surface area is 128 Å². The molecule has 0 radical (unpaired) electrons. The van der Waals surface area contributed by atoms with Gasteiger partial charge in [-0.2, -0.15) is 0 Å². The van der Waals surface area contributed by atoms with Gasteiger partial charge in [0.2, 0.25) is 0 Å². The molecule has 2 heterocycles. The highest BCUT2D eigenvalue weighted by Crippen LogP contribution is 2.34. The molecule has 2 fully saturated rings. The number of amides is 1. The number of carbonyl (C=O) groups is 1. The number of nitrogens with zero attached hydrogens (tertiary/aromatic N) is 1. The summed E-state index contributed by atoms with van der Waals surface area (Å²) in [6.45, 7) is 0.775. The average Bonchev–Trinajstić information content (AvgIpc) is 3.13. The van der Waals surface area contributed by atoms with Gasteiger partial charge in [0.25, 0.3) is 5.91 Å². The second-order valence-electron chi connectivity index (χ2n) is 5.40. The fourth-order valence-corrected chi connectivity index (χ4v) is 4.18. The first-order valence-electron chi connectivity index (χ1n) is 7.13. The highest BCUT2D eigenvalue weighted by Gasteiger charge is 2.32. The fraction of sp³-hybridized carbons (Fsp3) is 0.467. The normalized spacial score (nSPS) is 22.4. The van der Waals surface area contributed by atoms with Gasteiger partial charge >= 0.3 is 0 Å². The van der Waals surface area contributed by atoms with Crippen LogP contribution in [0.5, 0.6) is 0 Å². The number of thioether (sulfide) groups is 1. The first-order valence-corrected chi connectivity index (χ1v) is 8.35. The lowest BCUT2D eigenvalue weighted by Crippen LogP contribution is -2.30. The summed E-state index contributed by atoms with van der Waals surface area (Å²) in [7, 11) is 0. The van der Waals surface area contributed by atoms with Crippen LogP contribution in [-0.4, -0.2) is 26.7 Å². The molecule has 0 bridgehead atoms. The molecule has 0 unspecified atom stereocenters. The van der Waals surface area contributed by atoms with Crippen LogP contribution in [0.15, 0.2) is 23.2 Å². The predicted octanol–water partition coefficient (Wildman–Crippen LogP) is 3.80. The zero-order chi connectivity index (χ0) is 13.9. The summed E-state index contributed by atoms with van der Waals surface area (Å²) in [5, 5.41) is 0. The van der Waals surface area contributed by atoms with Crippen molar-refractivity contribution in [2.24, 2.45) is 5.92 Å². The maximum Gasteiger partial charge on any atom is 0.266 e. The molecule has 1 saturated heterocycles. The molecular formula is C15H18N2OS2. The molecule has 1 aromatic heterocycles. The molecule has 1 aromatic rings. The molecule has 20 heavy (non-hydrogen) atoms. The third-order valence-corrected chi connectivity index (χ3v) is 5.40. The summed E-state index contributed by atoms with van der Waals surface area (Å²) in [5.74, 6) is 0.847. The first kappa shape index (κ1) is 13.9. The first-order chi connectivity index (χ1) is 9.74. The molecule has 3 rings (SSSR count). The van der Waals surface area contributed by atoms with Crippen LogP contribution < -0.4 is 0 Å². The van der Waals surface area contributed by atoms with Crippen molar-refractivity contribution in [2.45, 2.75) is 32.1 Å². The van der Waals surface area contributed by atoms with Gasteiger partial charge in [0.15, 0.2) is 0 Å². The number of H-pyrrole nitrogens is 1. The molecule has 5 heteroatoms. The number of aromatic amines is 1. The Morgan fingerprint density at radius 2 is 2.25 bits per heavy atom. The number of nitrogens with one attached hydrogen (secondary N) is 1. The van der Waals surface area contributed by atoms with E-state index in [-0.39, 0.29) is 5.91 Å². The van der Waals surface area contributed by atoms with Gasteiger partial charge in [0.1, 0.15) is 4.32 Å². The van der Waals surface area contributed by atoms with E-state index in [1.54, 1.807) is 4.90 Å². The van der Waals surface area contributed by atoms with E-state index >= 15 is 0 Å². The van der Waals surface area contributed by atoms with Crippen molar-refractivity contribution in [1.82, 2.24) is 9.88 Å². The zero-order valence-corrected chi connectivity index (χ0v) is 12.9. The van der Waals surface area contributed by atoms with E-state index in [9.17, 15) is 4.79 Å². The van der Waals surface area contributed by atoms with E-state index in [4.69, 9.17) is 12.2 Å². The molecule has 1 saturated carbocycles. The minimum absolute atomic E-state index is 0.0626. The number of aromatic nitrogens is 1. The zero-order valence-electron chi connectivity index (χ0n) is 11.3. The predicted molar refractivity (Wildman–Crippen MR) is 87.2 cm³/mol. The summed E-state index contributed by atoms with van der Waals surface area (Å²) < 4.78 is 0.700. The Morgan fingerprint density at radius 1 is 1.45 bits per heavy atom. The number of hydrogen-bond acceptors (Lipinski definition) is 3. The van der Waals surface area contributed by atoms with Gasteiger partial charge in [-0.25, -0.2) is 0 Å². The summed E-state index contributed by atoms with van der Waals surface area (Å²) in [4.78, 5) is 18.0. The van der Waals surface area contributed by atoms with Crippen LogP contribution in [0.2, 0.25) is 0 Å². The highest BCUT2D eigenvalue weighted by atomic mass is 32.2. The van der Waals surface area contributed by atoms with Crippen LogP contribution in [0, 0.1) is 5.92 Å². The molecule has 106 valence electrons. The fourth-order valence-electron chi connectivity index (χ4n) is 2.88. The van der Waals surface area contributed by atoms with Crippen molar-refractivity contribution < 1.29 is 4.79 Å². The Hall–Kier alpha value is -1.07. The maximum absolute atomic E-state index is 12.4. The molecule has 1 amide bonds. The lowest BCUT2D eigenvalue weighted by atomic mass is 10.0. The molecular weight excluding hydrogens is 288 g/mol. The van der Waals surface area contributed by atoms with Crippen LogP contribution in [0.3, 0.4) is 0 Å².